The van der Waals surface area contributed by atoms with Crippen molar-refractivity contribution in [1.29, 1.82) is 0 Å². The van der Waals surface area contributed by atoms with Crippen molar-refractivity contribution in [2.75, 3.05) is 0 Å². The molecule has 0 radical (unpaired) electrons. The summed E-state index contributed by atoms with van der Waals surface area (Å²) in [4.78, 5) is 41.5. The van der Waals surface area contributed by atoms with E-state index in [9.17, 15) is 14.4 Å². The second-order valence-electron chi connectivity index (χ2n) is 5.22. The first-order chi connectivity index (χ1) is 9.66. The first-order valence-corrected chi connectivity index (χ1v) is 7.64. The van der Waals surface area contributed by atoms with Gasteiger partial charge < -0.3 is 0 Å². The van der Waals surface area contributed by atoms with Crippen molar-refractivity contribution in [3.8, 4) is 0 Å². The molecule has 20 heavy (non-hydrogen) atoms. The van der Waals surface area contributed by atoms with Crippen LogP contribution in [0.4, 0.5) is 4.79 Å². The van der Waals surface area contributed by atoms with Gasteiger partial charge in [0.15, 0.2) is 0 Å². The van der Waals surface area contributed by atoms with Crippen molar-refractivity contribution in [3.63, 3.8) is 0 Å². The second-order valence-corrected chi connectivity index (χ2v) is 5.94. The summed E-state index contributed by atoms with van der Waals surface area (Å²) in [6.07, 6.45) is 3.84. The van der Waals surface area contributed by atoms with Gasteiger partial charge in [0.25, 0.3) is 0 Å². The molecule has 1 unspecified atom stereocenters. The van der Waals surface area contributed by atoms with Gasteiger partial charge in [0.05, 0.1) is 17.7 Å². The minimum absolute atomic E-state index is 0.0635. The van der Waals surface area contributed by atoms with E-state index in [1.54, 1.807) is 10.9 Å². The number of hydrogen-bond donors (Lipinski definition) is 1. The Morgan fingerprint density at radius 2 is 2.05 bits per heavy atom. The third-order valence-corrected chi connectivity index (χ3v) is 4.60. The van der Waals surface area contributed by atoms with E-state index in [-0.39, 0.29) is 18.4 Å². The maximum atomic E-state index is 12.5. The van der Waals surface area contributed by atoms with Gasteiger partial charge in [0, 0.05) is 5.38 Å². The number of urea groups is 1. The molecule has 0 spiro atoms. The number of barbiturate groups is 1. The Labute approximate surface area is 120 Å². The van der Waals surface area contributed by atoms with Gasteiger partial charge in [-0.3, -0.25) is 19.8 Å². The smallest absolute Gasteiger partial charge is 0.277 e. The molecule has 1 saturated heterocycles. The minimum atomic E-state index is -0.714. The molecule has 106 valence electrons. The third-order valence-electron chi connectivity index (χ3n) is 3.96. The molecular formula is C13H15N3O3S. The van der Waals surface area contributed by atoms with Crippen LogP contribution in [-0.2, 0) is 16.1 Å². The van der Waals surface area contributed by atoms with Crippen LogP contribution in [0.15, 0.2) is 10.9 Å². The van der Waals surface area contributed by atoms with Crippen LogP contribution in [0, 0.1) is 11.8 Å². The van der Waals surface area contributed by atoms with E-state index in [1.807, 2.05) is 0 Å². The quantitative estimate of drug-likeness (QED) is 0.857. The molecule has 6 nitrogen and oxygen atoms in total. The number of carbonyl (C=O) groups excluding carboxylic acids is 3. The summed E-state index contributed by atoms with van der Waals surface area (Å²) in [6, 6.07) is -0.637. The fraction of sp³-hybridized carbons (Fsp3) is 0.538. The van der Waals surface area contributed by atoms with Gasteiger partial charge in [-0.1, -0.05) is 12.8 Å². The van der Waals surface area contributed by atoms with Crippen LogP contribution in [0.2, 0.25) is 0 Å². The molecule has 1 saturated carbocycles. The van der Waals surface area contributed by atoms with Crippen molar-refractivity contribution in [1.82, 2.24) is 15.2 Å². The number of carbonyl (C=O) groups is 3. The van der Waals surface area contributed by atoms with Gasteiger partial charge in [-0.25, -0.2) is 9.78 Å². The molecule has 1 aromatic heterocycles. The predicted octanol–water partition coefficient (Wildman–Crippen LogP) is 1.53. The standard InChI is InChI=1S/C13H15N3O3S/c17-11-10(8-3-1-2-4-8)12(18)16(13(19)15-11)5-9-6-20-7-14-9/h6-8,10H,1-5H2,(H,15,17,19). The molecule has 3 rings (SSSR count). The van der Waals surface area contributed by atoms with Crippen molar-refractivity contribution in [3.05, 3.63) is 16.6 Å². The Morgan fingerprint density at radius 3 is 2.70 bits per heavy atom. The lowest BCUT2D eigenvalue weighted by Gasteiger charge is -2.32. The SMILES string of the molecule is O=C1NC(=O)N(Cc2cscn2)C(=O)C1C1CCCC1. The van der Waals surface area contributed by atoms with Crippen LogP contribution >= 0.6 is 11.3 Å². The zero-order valence-corrected chi connectivity index (χ0v) is 11.7. The molecule has 7 heteroatoms. The van der Waals surface area contributed by atoms with Crippen LogP contribution in [0.1, 0.15) is 31.4 Å². The average Bonchev–Trinajstić information content (AvgIpc) is 3.07. The molecule has 1 N–H and O–H groups in total. The molecule has 2 aliphatic rings. The minimum Gasteiger partial charge on any atom is -0.277 e. The summed E-state index contributed by atoms with van der Waals surface area (Å²) in [5, 5.41) is 4.10. The van der Waals surface area contributed by atoms with Crippen LogP contribution < -0.4 is 5.32 Å². The number of hydrogen-bond acceptors (Lipinski definition) is 5. The van der Waals surface area contributed by atoms with E-state index in [0.29, 0.717) is 5.69 Å². The molecule has 1 atom stereocenters. The third kappa shape index (κ3) is 2.33. The highest BCUT2D eigenvalue weighted by Crippen LogP contribution is 2.34. The van der Waals surface area contributed by atoms with E-state index < -0.39 is 17.9 Å². The predicted molar refractivity (Wildman–Crippen MR) is 71.7 cm³/mol. The summed E-state index contributed by atoms with van der Waals surface area (Å²) in [5.74, 6) is -1.47. The average molecular weight is 293 g/mol. The van der Waals surface area contributed by atoms with Crippen molar-refractivity contribution in [2.45, 2.75) is 32.2 Å². The largest absolute Gasteiger partial charge is 0.331 e. The molecule has 2 fully saturated rings. The molecular weight excluding hydrogens is 278 g/mol. The second kappa shape index (κ2) is 5.32. The van der Waals surface area contributed by atoms with Gasteiger partial charge >= 0.3 is 6.03 Å². The fourth-order valence-corrected chi connectivity index (χ4v) is 3.51. The summed E-state index contributed by atoms with van der Waals surface area (Å²) >= 11 is 1.41. The van der Waals surface area contributed by atoms with Crippen molar-refractivity contribution >= 4 is 29.2 Å². The van der Waals surface area contributed by atoms with Gasteiger partial charge in [0.1, 0.15) is 5.92 Å². The maximum absolute atomic E-state index is 12.5. The lowest BCUT2D eigenvalue weighted by Crippen LogP contribution is -2.59. The van der Waals surface area contributed by atoms with Crippen LogP contribution in [0.5, 0.6) is 0 Å². The Hall–Kier alpha value is -1.76. The lowest BCUT2D eigenvalue weighted by molar-refractivity contribution is -0.145. The Balaban J connectivity index is 1.80. The van der Waals surface area contributed by atoms with E-state index in [2.05, 4.69) is 10.3 Å². The summed E-state index contributed by atoms with van der Waals surface area (Å²) in [5.41, 5.74) is 2.32. The van der Waals surface area contributed by atoms with Gasteiger partial charge in [0.2, 0.25) is 11.8 Å². The molecule has 1 aliphatic heterocycles. The topological polar surface area (TPSA) is 79.4 Å². The van der Waals surface area contributed by atoms with E-state index in [0.717, 1.165) is 30.6 Å². The Morgan fingerprint density at radius 1 is 1.30 bits per heavy atom. The van der Waals surface area contributed by atoms with Gasteiger partial charge in [-0.15, -0.1) is 11.3 Å². The summed E-state index contributed by atoms with van der Waals surface area (Å²) in [6.45, 7) is 0.130. The molecule has 1 aliphatic carbocycles. The molecule has 0 aromatic carbocycles. The maximum Gasteiger partial charge on any atom is 0.331 e. The molecule has 0 bridgehead atoms. The highest BCUT2D eigenvalue weighted by Gasteiger charge is 2.45. The van der Waals surface area contributed by atoms with Crippen LogP contribution in [-0.4, -0.2) is 27.7 Å². The number of amides is 4. The number of aromatic nitrogens is 1. The van der Waals surface area contributed by atoms with Gasteiger partial charge in [-0.2, -0.15) is 0 Å². The normalized spacial score (nSPS) is 24.3. The van der Waals surface area contributed by atoms with E-state index in [1.165, 1.54) is 11.3 Å². The molecule has 1 aromatic rings. The van der Waals surface area contributed by atoms with Gasteiger partial charge in [-0.05, 0) is 18.8 Å². The first kappa shape index (κ1) is 13.2. The van der Waals surface area contributed by atoms with Crippen LogP contribution in [0.25, 0.3) is 0 Å². The number of nitrogens with one attached hydrogen (secondary N) is 1. The zero-order chi connectivity index (χ0) is 14.1. The molecule has 4 amide bonds. The highest BCUT2D eigenvalue weighted by atomic mass is 32.1. The summed E-state index contributed by atoms with van der Waals surface area (Å²) in [7, 11) is 0. The zero-order valence-electron chi connectivity index (χ0n) is 10.9. The van der Waals surface area contributed by atoms with Crippen LogP contribution in [0.3, 0.4) is 0 Å². The number of thiazole rings is 1. The number of nitrogens with zero attached hydrogens (tertiary/aromatic N) is 2. The molecule has 2 heterocycles. The number of imide groups is 2. The van der Waals surface area contributed by atoms with Crippen molar-refractivity contribution in [2.24, 2.45) is 11.8 Å². The Bertz CT molecular complexity index is 537. The first-order valence-electron chi connectivity index (χ1n) is 6.70. The fourth-order valence-electron chi connectivity index (χ4n) is 2.96. The highest BCUT2D eigenvalue weighted by molar-refractivity contribution is 7.07. The van der Waals surface area contributed by atoms with Crippen molar-refractivity contribution < 1.29 is 14.4 Å². The lowest BCUT2D eigenvalue weighted by atomic mass is 9.87. The number of rotatable bonds is 3. The summed E-state index contributed by atoms with van der Waals surface area (Å²) < 4.78 is 0. The van der Waals surface area contributed by atoms with E-state index >= 15 is 0 Å². The monoisotopic (exact) mass is 293 g/mol. The Kier molecular flexibility index (Phi) is 3.52. The van der Waals surface area contributed by atoms with E-state index in [4.69, 9.17) is 0 Å².